The van der Waals surface area contributed by atoms with Crippen molar-refractivity contribution in [2.75, 3.05) is 27.4 Å². The minimum absolute atomic E-state index is 0.187. The first-order valence-electron chi connectivity index (χ1n) is 13.6. The molecule has 0 bridgehead atoms. The number of aromatic hydroxyl groups is 1. The first-order chi connectivity index (χ1) is 18.9. The molecule has 4 atom stereocenters. The summed E-state index contributed by atoms with van der Waals surface area (Å²) < 4.78 is 16.5. The van der Waals surface area contributed by atoms with E-state index in [4.69, 9.17) is 14.2 Å². The van der Waals surface area contributed by atoms with E-state index in [0.717, 1.165) is 53.2 Å². The van der Waals surface area contributed by atoms with Crippen LogP contribution in [0, 0.1) is 17.8 Å². The molecule has 1 aliphatic carbocycles. The highest BCUT2D eigenvalue weighted by Gasteiger charge is 2.58. The van der Waals surface area contributed by atoms with Gasteiger partial charge in [-0.3, -0.25) is 9.59 Å². The molecule has 2 heterocycles. The summed E-state index contributed by atoms with van der Waals surface area (Å²) in [5, 5.41) is 12.1. The molecule has 0 saturated carbocycles. The van der Waals surface area contributed by atoms with Crippen LogP contribution in [0.5, 0.6) is 5.75 Å². The number of imide groups is 3. The Morgan fingerprint density at radius 3 is 2.56 bits per heavy atom. The Kier molecular flexibility index (Phi) is 7.86. The number of hydrogen-bond donors (Lipinski definition) is 1. The minimum atomic E-state index is -0.930. The zero-order chi connectivity index (χ0) is 27.7. The van der Waals surface area contributed by atoms with E-state index < -0.39 is 29.7 Å². The van der Waals surface area contributed by atoms with Crippen LogP contribution in [0.2, 0.25) is 0 Å². The lowest BCUT2D eigenvalue weighted by molar-refractivity contribution is -0.137. The van der Waals surface area contributed by atoms with Gasteiger partial charge in [-0.1, -0.05) is 55.3 Å². The fraction of sp³-hybridized carbons (Fsp3) is 0.452. The number of phenols is 1. The van der Waals surface area contributed by atoms with Crippen LogP contribution < -0.4 is 0 Å². The molecule has 2 aromatic rings. The molecule has 2 saturated heterocycles. The number of carbonyl (C=O) groups excluding carboxylic acids is 3. The maximum absolute atomic E-state index is 13.2. The average Bonchev–Trinajstić information content (AvgIpc) is 3.47. The molecule has 0 unspecified atom stereocenters. The Hall–Kier alpha value is -3.49. The Morgan fingerprint density at radius 2 is 1.85 bits per heavy atom. The van der Waals surface area contributed by atoms with Crippen LogP contribution in [0.25, 0.3) is 16.8 Å². The monoisotopic (exact) mass is 533 g/mol. The van der Waals surface area contributed by atoms with Crippen molar-refractivity contribution in [2.45, 2.75) is 45.1 Å². The van der Waals surface area contributed by atoms with E-state index >= 15 is 0 Å². The maximum Gasteiger partial charge on any atom is 0.423 e. The van der Waals surface area contributed by atoms with Crippen molar-refractivity contribution in [1.82, 2.24) is 4.90 Å². The van der Waals surface area contributed by atoms with Crippen molar-refractivity contribution in [3.05, 3.63) is 58.7 Å². The normalized spacial score (nSPS) is 24.9. The number of fused-ring (bicyclic) bond motifs is 4. The van der Waals surface area contributed by atoms with Crippen LogP contribution >= 0.6 is 0 Å². The summed E-state index contributed by atoms with van der Waals surface area (Å²) in [5.74, 6) is -2.20. The Labute approximate surface area is 228 Å². The van der Waals surface area contributed by atoms with Gasteiger partial charge in [0.25, 0.3) is 0 Å². The number of phenolic OH excluding ortho intramolecular Hbond substituents is 1. The van der Waals surface area contributed by atoms with Gasteiger partial charge in [0.15, 0.2) is 0 Å². The molecule has 206 valence electrons. The Balaban J connectivity index is 1.41. The summed E-state index contributed by atoms with van der Waals surface area (Å²) in [5.41, 5.74) is 4.39. The molecule has 39 heavy (non-hydrogen) atoms. The van der Waals surface area contributed by atoms with Gasteiger partial charge in [0, 0.05) is 18.4 Å². The molecule has 8 heteroatoms. The number of hydrogen-bond acceptors (Lipinski definition) is 7. The van der Waals surface area contributed by atoms with Crippen LogP contribution in [0.3, 0.4) is 0 Å². The van der Waals surface area contributed by atoms with Gasteiger partial charge in [0.2, 0.25) is 11.8 Å². The molecular formula is C31H35NO7. The molecule has 0 aromatic heterocycles. The highest BCUT2D eigenvalue weighted by atomic mass is 16.5. The first-order valence-corrected chi connectivity index (χ1v) is 13.6. The summed E-state index contributed by atoms with van der Waals surface area (Å²) in [4.78, 5) is 39.1. The van der Waals surface area contributed by atoms with E-state index in [1.54, 1.807) is 13.2 Å². The topological polar surface area (TPSA) is 102 Å². The number of amides is 3. The summed E-state index contributed by atoms with van der Waals surface area (Å²) >= 11 is 0. The number of nitrogens with zero attached hydrogens (tertiary/aromatic N) is 1. The van der Waals surface area contributed by atoms with E-state index in [9.17, 15) is 19.5 Å². The highest BCUT2D eigenvalue weighted by Crippen LogP contribution is 2.50. The SMILES string of the molecule is CCC/C(=C\c1ccc(O)c2ccccc12)CC[C@H]1OC[C@H]2C1=C(COC)C[C@H]1C(=O)N(C(=O)OC)C(=O)[C@H]12. The second kappa shape index (κ2) is 11.3. The number of carbonyl (C=O) groups is 3. The molecule has 8 nitrogen and oxygen atoms in total. The fourth-order valence-corrected chi connectivity index (χ4v) is 6.61. The van der Waals surface area contributed by atoms with Crippen molar-refractivity contribution in [2.24, 2.45) is 17.8 Å². The number of ether oxygens (including phenoxy) is 3. The molecule has 0 spiro atoms. The summed E-state index contributed by atoms with van der Waals surface area (Å²) in [6, 6.07) is 11.5. The van der Waals surface area contributed by atoms with E-state index in [-0.39, 0.29) is 17.8 Å². The second-order valence-corrected chi connectivity index (χ2v) is 10.5. The van der Waals surface area contributed by atoms with Gasteiger partial charge in [-0.05, 0) is 53.8 Å². The number of allylic oxidation sites excluding steroid dienone is 1. The third-order valence-corrected chi connectivity index (χ3v) is 8.28. The van der Waals surface area contributed by atoms with Gasteiger partial charge in [-0.2, -0.15) is 4.90 Å². The van der Waals surface area contributed by atoms with Gasteiger partial charge < -0.3 is 19.3 Å². The molecular weight excluding hydrogens is 498 g/mol. The lowest BCUT2D eigenvalue weighted by Crippen LogP contribution is -2.38. The number of benzene rings is 2. The number of rotatable bonds is 8. The molecule has 5 rings (SSSR count). The van der Waals surface area contributed by atoms with E-state index in [0.29, 0.717) is 24.5 Å². The van der Waals surface area contributed by atoms with Crippen molar-refractivity contribution >= 4 is 34.8 Å². The summed E-state index contributed by atoms with van der Waals surface area (Å²) in [7, 11) is 2.79. The molecule has 3 aliphatic rings. The zero-order valence-corrected chi connectivity index (χ0v) is 22.6. The van der Waals surface area contributed by atoms with Crippen LogP contribution in [-0.2, 0) is 23.8 Å². The van der Waals surface area contributed by atoms with Crippen LogP contribution in [0.4, 0.5) is 4.79 Å². The van der Waals surface area contributed by atoms with Crippen LogP contribution in [0.1, 0.15) is 44.6 Å². The first kappa shape index (κ1) is 27.1. The predicted molar refractivity (Wildman–Crippen MR) is 146 cm³/mol. The van der Waals surface area contributed by atoms with Crippen molar-refractivity contribution in [3.63, 3.8) is 0 Å². The van der Waals surface area contributed by atoms with Gasteiger partial charge in [0.05, 0.1) is 38.3 Å². The van der Waals surface area contributed by atoms with Crippen LogP contribution in [-0.4, -0.2) is 61.5 Å². The summed E-state index contributed by atoms with van der Waals surface area (Å²) in [6.07, 6.45) is 4.94. The van der Waals surface area contributed by atoms with Crippen molar-refractivity contribution < 1.29 is 33.7 Å². The van der Waals surface area contributed by atoms with Crippen molar-refractivity contribution in [3.8, 4) is 5.75 Å². The molecule has 2 aliphatic heterocycles. The zero-order valence-electron chi connectivity index (χ0n) is 22.6. The van der Waals surface area contributed by atoms with Gasteiger partial charge in [0.1, 0.15) is 5.75 Å². The highest BCUT2D eigenvalue weighted by molar-refractivity contribution is 6.16. The molecule has 2 fully saturated rings. The third-order valence-electron chi connectivity index (χ3n) is 8.28. The molecule has 1 N–H and O–H groups in total. The maximum atomic E-state index is 13.2. The average molecular weight is 534 g/mol. The molecule has 2 aromatic carbocycles. The van der Waals surface area contributed by atoms with Crippen LogP contribution in [0.15, 0.2) is 53.1 Å². The van der Waals surface area contributed by atoms with Crippen molar-refractivity contribution in [1.29, 1.82) is 0 Å². The Morgan fingerprint density at radius 1 is 1.08 bits per heavy atom. The van der Waals surface area contributed by atoms with E-state index in [2.05, 4.69) is 13.0 Å². The second-order valence-electron chi connectivity index (χ2n) is 10.5. The standard InChI is InChI=1S/C31H35NO7/c1-4-7-18(14-19-11-12-25(33)22-9-6-5-8-21(19)22)10-13-26-27-20(16-37-2)15-23-28(24(27)17-39-26)30(35)32(29(23)34)31(36)38-3/h5-6,8-9,11-12,14,23-24,26,28,33H,4,7,10,13,15-17H2,1-3H3/b18-14+/t23-,24+,26-,28-/m1/s1. The number of methoxy groups -OCH3 is 2. The van der Waals surface area contributed by atoms with Gasteiger partial charge in [-0.25, -0.2) is 4.79 Å². The lowest BCUT2D eigenvalue weighted by atomic mass is 9.69. The van der Waals surface area contributed by atoms with Gasteiger partial charge in [-0.15, -0.1) is 0 Å². The van der Waals surface area contributed by atoms with E-state index in [1.165, 1.54) is 12.7 Å². The largest absolute Gasteiger partial charge is 0.507 e. The Bertz CT molecular complexity index is 1360. The smallest absolute Gasteiger partial charge is 0.423 e. The molecule has 0 radical (unpaired) electrons. The quantitative estimate of drug-likeness (QED) is 0.366. The number of likely N-dealkylation sites (tertiary alicyclic amines) is 1. The van der Waals surface area contributed by atoms with E-state index in [1.807, 2.05) is 30.3 Å². The fourth-order valence-electron chi connectivity index (χ4n) is 6.61. The summed E-state index contributed by atoms with van der Waals surface area (Å²) in [6.45, 7) is 2.84. The predicted octanol–water partition coefficient (Wildman–Crippen LogP) is 5.24. The third kappa shape index (κ3) is 4.87. The lowest BCUT2D eigenvalue weighted by Gasteiger charge is -2.31. The van der Waals surface area contributed by atoms with Gasteiger partial charge >= 0.3 is 6.09 Å². The molecule has 3 amide bonds. The minimum Gasteiger partial charge on any atom is -0.507 e.